The van der Waals surface area contributed by atoms with Gasteiger partial charge in [-0.2, -0.15) is 0 Å². The van der Waals surface area contributed by atoms with Gasteiger partial charge in [0, 0.05) is 20.6 Å². The van der Waals surface area contributed by atoms with Crippen LogP contribution in [0.3, 0.4) is 0 Å². The Morgan fingerprint density at radius 2 is 1.75 bits per heavy atom. The van der Waals surface area contributed by atoms with E-state index in [9.17, 15) is 14.0 Å². The van der Waals surface area contributed by atoms with E-state index in [-0.39, 0.29) is 11.6 Å². The van der Waals surface area contributed by atoms with Crippen molar-refractivity contribution in [2.75, 3.05) is 6.61 Å². The van der Waals surface area contributed by atoms with Crippen molar-refractivity contribution in [3.63, 3.8) is 0 Å². The van der Waals surface area contributed by atoms with Crippen molar-refractivity contribution in [3.05, 3.63) is 99.5 Å². The van der Waals surface area contributed by atoms with Crippen LogP contribution in [-0.4, -0.2) is 33.1 Å². The zero-order chi connectivity index (χ0) is 22.7. The molecule has 0 saturated carbocycles. The van der Waals surface area contributed by atoms with Gasteiger partial charge in [0.05, 0.1) is 5.69 Å². The molecule has 0 spiro atoms. The largest absolute Gasteiger partial charge is 0.451 e. The zero-order valence-electron chi connectivity index (χ0n) is 16.3. The Morgan fingerprint density at radius 3 is 2.44 bits per heavy atom. The number of carbonyl (C=O) groups is 2. The molecule has 0 radical (unpaired) electrons. The Balaban J connectivity index is 1.61. The van der Waals surface area contributed by atoms with Gasteiger partial charge in [-0.05, 0) is 48.5 Å². The topological polar surface area (TPSA) is 74.1 Å². The van der Waals surface area contributed by atoms with Gasteiger partial charge in [0.25, 0.3) is 5.82 Å². The minimum absolute atomic E-state index is 0.243. The fraction of sp³-hybridized carbons (Fsp3) is 0.0435. The molecular weight excluding hydrogens is 501 g/mol. The molecule has 0 atom stereocenters. The predicted octanol–water partition coefficient (Wildman–Crippen LogP) is 5.53. The van der Waals surface area contributed by atoms with E-state index >= 15 is 0 Å². The number of hydrogen-bond donors (Lipinski definition) is 0. The molecule has 9 heteroatoms. The first kappa shape index (κ1) is 21.9. The van der Waals surface area contributed by atoms with Crippen LogP contribution in [0.4, 0.5) is 4.39 Å². The number of ether oxygens (including phenoxy) is 1. The Kier molecular flexibility index (Phi) is 6.43. The number of rotatable bonds is 6. The van der Waals surface area contributed by atoms with Gasteiger partial charge in [0.15, 0.2) is 18.2 Å². The van der Waals surface area contributed by atoms with Crippen molar-refractivity contribution < 1.29 is 18.7 Å². The van der Waals surface area contributed by atoms with Crippen molar-refractivity contribution in [1.29, 1.82) is 0 Å². The molecular formula is C23H14BrClFN3O3. The van der Waals surface area contributed by atoms with Crippen LogP contribution in [0.15, 0.2) is 77.3 Å². The number of nitrogens with zero attached hydrogens (tertiary/aromatic N) is 3. The second kappa shape index (κ2) is 9.42. The average molecular weight is 515 g/mol. The van der Waals surface area contributed by atoms with Gasteiger partial charge >= 0.3 is 5.97 Å². The number of carbonyl (C=O) groups excluding carboxylic acids is 2. The van der Waals surface area contributed by atoms with Crippen LogP contribution in [0.1, 0.15) is 21.0 Å². The molecule has 0 N–H and O–H groups in total. The third-order valence-electron chi connectivity index (χ3n) is 4.44. The van der Waals surface area contributed by atoms with E-state index in [0.29, 0.717) is 27.7 Å². The van der Waals surface area contributed by atoms with Crippen LogP contribution in [0.25, 0.3) is 17.1 Å². The van der Waals surface area contributed by atoms with E-state index in [1.807, 2.05) is 0 Å². The summed E-state index contributed by atoms with van der Waals surface area (Å²) in [6, 6.07) is 19.1. The third kappa shape index (κ3) is 4.92. The molecule has 1 aromatic heterocycles. The van der Waals surface area contributed by atoms with Gasteiger partial charge in [-0.25, -0.2) is 18.9 Å². The summed E-state index contributed by atoms with van der Waals surface area (Å²) in [7, 11) is 0. The molecule has 4 aromatic rings. The van der Waals surface area contributed by atoms with Crippen LogP contribution in [0.2, 0.25) is 5.02 Å². The quantitative estimate of drug-likeness (QED) is 0.250. The fourth-order valence-electron chi connectivity index (χ4n) is 2.89. The molecule has 4 rings (SSSR count). The lowest BCUT2D eigenvalue weighted by Gasteiger charge is -2.06. The predicted molar refractivity (Wildman–Crippen MR) is 121 cm³/mol. The zero-order valence-corrected chi connectivity index (χ0v) is 18.7. The lowest BCUT2D eigenvalue weighted by atomic mass is 10.1. The number of Topliss-reactive ketones (excluding diaryl/α,β-unsaturated/α-hetero) is 1. The monoisotopic (exact) mass is 513 g/mol. The fourth-order valence-corrected chi connectivity index (χ4v) is 3.34. The molecule has 0 saturated heterocycles. The Labute approximate surface area is 195 Å². The normalized spacial score (nSPS) is 10.7. The lowest BCUT2D eigenvalue weighted by molar-refractivity contribution is 0.0462. The highest BCUT2D eigenvalue weighted by Crippen LogP contribution is 2.24. The SMILES string of the molecule is O=C(COC(=O)c1nc(-c2cccc(Cl)c2)n(-c2ccc(F)cc2)n1)c1ccc(Br)cc1. The number of halogens is 3. The van der Waals surface area contributed by atoms with E-state index in [1.165, 1.54) is 28.9 Å². The maximum atomic E-state index is 13.4. The van der Waals surface area contributed by atoms with E-state index in [1.54, 1.807) is 48.5 Å². The number of benzene rings is 3. The highest BCUT2D eigenvalue weighted by molar-refractivity contribution is 9.10. The van der Waals surface area contributed by atoms with Crippen LogP contribution in [0, 0.1) is 5.82 Å². The second-order valence-electron chi connectivity index (χ2n) is 6.66. The summed E-state index contributed by atoms with van der Waals surface area (Å²) in [5.41, 5.74) is 1.49. The van der Waals surface area contributed by atoms with Crippen LogP contribution < -0.4 is 0 Å². The number of esters is 1. The molecule has 32 heavy (non-hydrogen) atoms. The van der Waals surface area contributed by atoms with Crippen molar-refractivity contribution in [2.24, 2.45) is 0 Å². The van der Waals surface area contributed by atoms with E-state index in [2.05, 4.69) is 26.0 Å². The van der Waals surface area contributed by atoms with E-state index in [0.717, 1.165) is 4.47 Å². The van der Waals surface area contributed by atoms with E-state index < -0.39 is 18.4 Å². The first-order valence-corrected chi connectivity index (χ1v) is 10.5. The molecule has 0 aliphatic carbocycles. The maximum absolute atomic E-state index is 13.4. The van der Waals surface area contributed by atoms with Crippen molar-refractivity contribution >= 4 is 39.3 Å². The highest BCUT2D eigenvalue weighted by atomic mass is 79.9. The lowest BCUT2D eigenvalue weighted by Crippen LogP contribution is -2.15. The maximum Gasteiger partial charge on any atom is 0.378 e. The molecule has 0 aliphatic rings. The molecule has 0 aliphatic heterocycles. The van der Waals surface area contributed by atoms with Crippen LogP contribution in [0.5, 0.6) is 0 Å². The van der Waals surface area contributed by atoms with Crippen LogP contribution in [-0.2, 0) is 4.74 Å². The first-order chi connectivity index (χ1) is 15.4. The van der Waals surface area contributed by atoms with E-state index in [4.69, 9.17) is 16.3 Å². The van der Waals surface area contributed by atoms with Crippen molar-refractivity contribution in [1.82, 2.24) is 14.8 Å². The Hall–Kier alpha value is -3.36. The van der Waals surface area contributed by atoms with Crippen LogP contribution >= 0.6 is 27.5 Å². The molecule has 0 fully saturated rings. The minimum Gasteiger partial charge on any atom is -0.451 e. The Bertz CT molecular complexity index is 1290. The first-order valence-electron chi connectivity index (χ1n) is 9.35. The summed E-state index contributed by atoms with van der Waals surface area (Å²) < 4.78 is 20.7. The molecule has 6 nitrogen and oxygen atoms in total. The van der Waals surface area contributed by atoms with Gasteiger partial charge in [-0.1, -0.05) is 51.8 Å². The average Bonchev–Trinajstić information content (AvgIpc) is 3.24. The van der Waals surface area contributed by atoms with Gasteiger partial charge in [-0.15, -0.1) is 5.10 Å². The summed E-state index contributed by atoms with van der Waals surface area (Å²) in [4.78, 5) is 29.2. The molecule has 0 unspecified atom stereocenters. The summed E-state index contributed by atoms with van der Waals surface area (Å²) in [5, 5.41) is 4.70. The number of hydrogen-bond acceptors (Lipinski definition) is 5. The van der Waals surface area contributed by atoms with Crippen molar-refractivity contribution in [3.8, 4) is 17.1 Å². The van der Waals surface area contributed by atoms with Gasteiger partial charge in [0.2, 0.25) is 0 Å². The molecule has 1 heterocycles. The summed E-state index contributed by atoms with van der Waals surface area (Å²) >= 11 is 9.40. The standard InChI is InChI=1S/C23H14BrClFN3O3/c24-16-6-4-14(5-7-16)20(30)13-32-23(31)21-27-22(15-2-1-3-17(25)12-15)29(28-21)19-10-8-18(26)9-11-19/h1-12H,13H2. The molecule has 0 amide bonds. The van der Waals surface area contributed by atoms with Crippen molar-refractivity contribution in [2.45, 2.75) is 0 Å². The van der Waals surface area contributed by atoms with Gasteiger partial charge in [0.1, 0.15) is 5.82 Å². The second-order valence-corrected chi connectivity index (χ2v) is 8.02. The summed E-state index contributed by atoms with van der Waals surface area (Å²) in [6.07, 6.45) is 0. The number of aromatic nitrogens is 3. The number of ketones is 1. The molecule has 160 valence electrons. The summed E-state index contributed by atoms with van der Waals surface area (Å²) in [5.74, 6) is -1.57. The third-order valence-corrected chi connectivity index (χ3v) is 5.21. The molecule has 0 bridgehead atoms. The smallest absolute Gasteiger partial charge is 0.378 e. The minimum atomic E-state index is -0.861. The summed E-state index contributed by atoms with van der Waals surface area (Å²) in [6.45, 7) is -0.460. The molecule has 3 aromatic carbocycles. The van der Waals surface area contributed by atoms with Gasteiger partial charge in [-0.3, -0.25) is 4.79 Å². The highest BCUT2D eigenvalue weighted by Gasteiger charge is 2.21. The van der Waals surface area contributed by atoms with Gasteiger partial charge < -0.3 is 4.74 Å². The Morgan fingerprint density at radius 1 is 1.03 bits per heavy atom.